The molecule has 3 heterocycles. The monoisotopic (exact) mass is 421 g/mol. The number of aromatic nitrogens is 2. The quantitative estimate of drug-likeness (QED) is 0.585. The number of hydrogen-bond acceptors (Lipinski definition) is 8. The number of anilines is 3. The van der Waals surface area contributed by atoms with Crippen molar-refractivity contribution < 1.29 is 13.9 Å². The van der Waals surface area contributed by atoms with Gasteiger partial charge in [-0.05, 0) is 30.3 Å². The lowest BCUT2D eigenvalue weighted by Crippen LogP contribution is -2.36. The van der Waals surface area contributed by atoms with Gasteiger partial charge in [-0.2, -0.15) is 5.10 Å². The van der Waals surface area contributed by atoms with Gasteiger partial charge < -0.3 is 25.1 Å². The maximum atomic E-state index is 11.4. The van der Waals surface area contributed by atoms with E-state index in [0.717, 1.165) is 37.7 Å². The molecule has 4 rings (SSSR count). The van der Waals surface area contributed by atoms with E-state index in [1.807, 2.05) is 12.1 Å². The number of nitrogens with two attached hydrogens (primary N) is 1. The lowest BCUT2D eigenvalue weighted by atomic mass is 10.2. The van der Waals surface area contributed by atoms with E-state index < -0.39 is 5.91 Å². The van der Waals surface area contributed by atoms with E-state index in [9.17, 15) is 4.79 Å². The van der Waals surface area contributed by atoms with Gasteiger partial charge in [-0.1, -0.05) is 0 Å². The number of carbonyl (C=O) groups is 1. The highest BCUT2D eigenvalue weighted by Crippen LogP contribution is 2.23. The van der Waals surface area contributed by atoms with Crippen molar-refractivity contribution in [2.45, 2.75) is 0 Å². The summed E-state index contributed by atoms with van der Waals surface area (Å²) >= 11 is 0. The van der Waals surface area contributed by atoms with Crippen molar-refractivity contribution in [3.05, 3.63) is 53.8 Å². The summed E-state index contributed by atoms with van der Waals surface area (Å²) in [5, 5.41) is 7.32. The fourth-order valence-corrected chi connectivity index (χ4v) is 3.37. The fourth-order valence-electron chi connectivity index (χ4n) is 3.37. The number of carbonyl (C=O) groups excluding carboxylic acids is 1. The molecule has 0 bridgehead atoms. The standard InChI is InChI=1S/C21H23N7O3/c1-23-21-20(26-15-3-5-16(6-4-15)27-7-9-30-10-8-27)25-12-17(28(21)24-2)18-11-14(13-31-18)19(22)29/h3-6,11-13H,2,7-10H2,1H3,(H2,22,29)(H,25,26)/b23-21-. The highest BCUT2D eigenvalue weighted by Gasteiger charge is 2.16. The number of morpholine rings is 1. The Kier molecular flexibility index (Phi) is 5.80. The van der Waals surface area contributed by atoms with Gasteiger partial charge in [0.05, 0.1) is 25.0 Å². The fraction of sp³-hybridized carbons (Fsp3) is 0.238. The van der Waals surface area contributed by atoms with E-state index in [1.165, 1.54) is 17.0 Å². The number of primary amides is 1. The second-order valence-corrected chi connectivity index (χ2v) is 6.83. The minimum atomic E-state index is -0.583. The Morgan fingerprint density at radius 1 is 1.26 bits per heavy atom. The van der Waals surface area contributed by atoms with Crippen LogP contribution in [0, 0.1) is 0 Å². The third-order valence-electron chi connectivity index (χ3n) is 4.95. The molecule has 0 spiro atoms. The van der Waals surface area contributed by atoms with Gasteiger partial charge in [0.15, 0.2) is 17.1 Å². The van der Waals surface area contributed by atoms with Crippen LogP contribution in [0.4, 0.5) is 17.2 Å². The van der Waals surface area contributed by atoms with Crippen molar-refractivity contribution in [3.63, 3.8) is 0 Å². The van der Waals surface area contributed by atoms with Crippen molar-refractivity contribution >= 4 is 29.8 Å². The van der Waals surface area contributed by atoms with Crippen LogP contribution in [0.2, 0.25) is 0 Å². The Labute approximate surface area is 178 Å². The number of ether oxygens (including phenoxy) is 1. The number of amides is 1. The topological polar surface area (TPSA) is 123 Å². The van der Waals surface area contributed by atoms with Gasteiger partial charge in [0.25, 0.3) is 5.91 Å². The van der Waals surface area contributed by atoms with Gasteiger partial charge in [0, 0.05) is 38.2 Å². The summed E-state index contributed by atoms with van der Waals surface area (Å²) in [6, 6.07) is 9.60. The maximum Gasteiger partial charge on any atom is 0.251 e. The van der Waals surface area contributed by atoms with Crippen molar-refractivity contribution in [3.8, 4) is 11.5 Å². The Balaban J connectivity index is 1.63. The van der Waals surface area contributed by atoms with E-state index >= 15 is 0 Å². The first-order chi connectivity index (χ1) is 15.1. The van der Waals surface area contributed by atoms with Crippen LogP contribution in [0.15, 0.2) is 57.3 Å². The molecule has 10 heteroatoms. The first-order valence-corrected chi connectivity index (χ1v) is 9.71. The number of rotatable bonds is 6. The summed E-state index contributed by atoms with van der Waals surface area (Å²) in [4.78, 5) is 22.4. The van der Waals surface area contributed by atoms with Crippen LogP contribution in [0.5, 0.6) is 0 Å². The molecule has 1 fully saturated rings. The molecular formula is C21H23N7O3. The van der Waals surface area contributed by atoms with Crippen LogP contribution in [0.1, 0.15) is 10.4 Å². The smallest absolute Gasteiger partial charge is 0.251 e. The van der Waals surface area contributed by atoms with Crippen LogP contribution in [0.25, 0.3) is 11.5 Å². The number of nitrogens with zero attached hydrogens (tertiary/aromatic N) is 5. The molecule has 1 saturated heterocycles. The zero-order valence-electron chi connectivity index (χ0n) is 17.1. The minimum absolute atomic E-state index is 0.253. The molecule has 0 saturated carbocycles. The highest BCUT2D eigenvalue weighted by molar-refractivity contribution is 5.93. The van der Waals surface area contributed by atoms with E-state index in [-0.39, 0.29) is 5.56 Å². The third kappa shape index (κ3) is 4.19. The van der Waals surface area contributed by atoms with Crippen LogP contribution < -0.4 is 21.4 Å². The molecule has 3 N–H and O–H groups in total. The molecule has 160 valence electrons. The summed E-state index contributed by atoms with van der Waals surface area (Å²) < 4.78 is 12.4. The molecule has 1 aliphatic rings. The third-order valence-corrected chi connectivity index (χ3v) is 4.95. The van der Waals surface area contributed by atoms with Crippen LogP contribution >= 0.6 is 0 Å². The average Bonchev–Trinajstić information content (AvgIpc) is 3.30. The summed E-state index contributed by atoms with van der Waals surface area (Å²) in [5.74, 6) is 0.291. The highest BCUT2D eigenvalue weighted by atomic mass is 16.5. The molecular weight excluding hydrogens is 398 g/mol. The van der Waals surface area contributed by atoms with E-state index in [2.05, 4.69) is 44.1 Å². The molecule has 10 nitrogen and oxygen atoms in total. The van der Waals surface area contributed by atoms with Gasteiger partial charge in [-0.15, -0.1) is 0 Å². The van der Waals surface area contributed by atoms with Crippen LogP contribution in [-0.4, -0.2) is 55.6 Å². The predicted molar refractivity (Wildman–Crippen MR) is 118 cm³/mol. The predicted octanol–water partition coefficient (Wildman–Crippen LogP) is 1.82. The van der Waals surface area contributed by atoms with Crippen molar-refractivity contribution in [2.24, 2.45) is 15.8 Å². The molecule has 0 unspecified atom stereocenters. The zero-order chi connectivity index (χ0) is 21.8. The van der Waals surface area contributed by atoms with E-state index in [0.29, 0.717) is 22.8 Å². The molecule has 3 aromatic rings. The molecule has 0 aliphatic carbocycles. The number of hydrogen-bond donors (Lipinski definition) is 2. The van der Waals surface area contributed by atoms with Gasteiger partial charge in [-0.3, -0.25) is 9.79 Å². The van der Waals surface area contributed by atoms with Gasteiger partial charge in [-0.25, -0.2) is 9.66 Å². The van der Waals surface area contributed by atoms with Gasteiger partial charge >= 0.3 is 0 Å². The Morgan fingerprint density at radius 3 is 2.61 bits per heavy atom. The van der Waals surface area contributed by atoms with Crippen LogP contribution in [-0.2, 0) is 4.74 Å². The first-order valence-electron chi connectivity index (χ1n) is 9.71. The van der Waals surface area contributed by atoms with Crippen molar-refractivity contribution in [1.82, 2.24) is 9.66 Å². The van der Waals surface area contributed by atoms with Crippen LogP contribution in [0.3, 0.4) is 0 Å². The molecule has 1 aromatic carbocycles. The second-order valence-electron chi connectivity index (χ2n) is 6.83. The molecule has 31 heavy (non-hydrogen) atoms. The molecule has 1 amide bonds. The Bertz CT molecular complexity index is 1160. The van der Waals surface area contributed by atoms with Gasteiger partial charge in [0.2, 0.25) is 0 Å². The first kappa shape index (κ1) is 20.4. The van der Waals surface area contributed by atoms with Gasteiger partial charge in [0.1, 0.15) is 12.0 Å². The Morgan fingerprint density at radius 2 is 2.00 bits per heavy atom. The lowest BCUT2D eigenvalue weighted by molar-refractivity contribution is 0.0999. The zero-order valence-corrected chi connectivity index (χ0v) is 17.1. The van der Waals surface area contributed by atoms with Crippen molar-refractivity contribution in [1.29, 1.82) is 0 Å². The lowest BCUT2D eigenvalue weighted by Gasteiger charge is -2.28. The van der Waals surface area contributed by atoms with E-state index in [4.69, 9.17) is 14.9 Å². The number of nitrogens with one attached hydrogen (secondary N) is 1. The second kappa shape index (κ2) is 8.84. The molecule has 1 aliphatic heterocycles. The minimum Gasteiger partial charge on any atom is -0.462 e. The SMILES string of the molecule is C=Nn1c(-c2cc(C(N)=O)co2)cnc(Nc2ccc(N3CCOCC3)cc2)/c1=N/C. The molecule has 2 aromatic heterocycles. The maximum absolute atomic E-state index is 11.4. The summed E-state index contributed by atoms with van der Waals surface area (Å²) in [6.45, 7) is 6.86. The largest absolute Gasteiger partial charge is 0.462 e. The van der Waals surface area contributed by atoms with Crippen molar-refractivity contribution in [2.75, 3.05) is 43.6 Å². The number of benzene rings is 1. The average molecular weight is 421 g/mol. The van der Waals surface area contributed by atoms with E-state index in [1.54, 1.807) is 13.2 Å². The summed E-state index contributed by atoms with van der Waals surface area (Å²) in [7, 11) is 1.63. The molecule has 0 radical (unpaired) electrons. The Hall–Kier alpha value is -3.92. The summed E-state index contributed by atoms with van der Waals surface area (Å²) in [5.41, 5.74) is 8.48. The normalized spacial score (nSPS) is 14.5. The molecule has 0 atom stereocenters. The number of furan rings is 1. The summed E-state index contributed by atoms with van der Waals surface area (Å²) in [6.07, 6.45) is 2.85.